The first kappa shape index (κ1) is 14.9. The van der Waals surface area contributed by atoms with Crippen molar-refractivity contribution in [2.24, 2.45) is 0 Å². The maximum Gasteiger partial charge on any atom is 0.413 e. The van der Waals surface area contributed by atoms with Gasteiger partial charge in [-0.25, -0.2) is 9.78 Å². The average molecular weight is 265 g/mol. The van der Waals surface area contributed by atoms with E-state index >= 15 is 0 Å². The van der Waals surface area contributed by atoms with E-state index in [0.29, 0.717) is 17.9 Å². The van der Waals surface area contributed by atoms with Crippen LogP contribution in [0.4, 0.5) is 16.3 Å². The summed E-state index contributed by atoms with van der Waals surface area (Å²) in [5, 5.41) is 5.17. The van der Waals surface area contributed by atoms with Crippen LogP contribution in [-0.2, 0) is 9.53 Å². The molecule has 1 rings (SSSR count). The van der Waals surface area contributed by atoms with Gasteiger partial charge in [0.25, 0.3) is 0 Å². The fourth-order valence-corrected chi connectivity index (χ4v) is 1.20. The molecular weight excluding hydrogens is 246 g/mol. The highest BCUT2D eigenvalue weighted by Crippen LogP contribution is 2.12. The quantitative estimate of drug-likeness (QED) is 0.880. The van der Waals surface area contributed by atoms with Crippen LogP contribution < -0.4 is 10.6 Å². The molecule has 0 atom stereocenters. The summed E-state index contributed by atoms with van der Waals surface area (Å²) in [5.74, 6) is 0.276. The third-order valence-corrected chi connectivity index (χ3v) is 2.00. The molecule has 6 heteroatoms. The van der Waals surface area contributed by atoms with Crippen molar-refractivity contribution in [3.8, 4) is 0 Å². The minimum atomic E-state index is -0.564. The molecule has 0 aliphatic heterocycles. The number of nitrogens with zero attached hydrogens (tertiary/aromatic N) is 1. The Morgan fingerprint density at radius 1 is 1.26 bits per heavy atom. The molecule has 2 amide bonds. The third kappa shape index (κ3) is 5.85. The van der Waals surface area contributed by atoms with Crippen molar-refractivity contribution in [1.29, 1.82) is 0 Å². The number of ether oxygens (including phenoxy) is 1. The lowest BCUT2D eigenvalue weighted by Gasteiger charge is -2.19. The maximum atomic E-state index is 11.5. The van der Waals surface area contributed by atoms with E-state index in [2.05, 4.69) is 15.6 Å². The van der Waals surface area contributed by atoms with Gasteiger partial charge in [0.05, 0.1) is 11.9 Å². The third-order valence-electron chi connectivity index (χ3n) is 2.00. The van der Waals surface area contributed by atoms with Crippen LogP contribution in [0.2, 0.25) is 0 Å². The predicted molar refractivity (Wildman–Crippen MR) is 73.0 cm³/mol. The molecule has 0 radical (unpaired) electrons. The Hall–Kier alpha value is -2.11. The number of rotatable bonds is 3. The lowest BCUT2D eigenvalue weighted by atomic mass is 10.2. The molecule has 1 aromatic heterocycles. The first-order valence-corrected chi connectivity index (χ1v) is 6.06. The molecule has 0 saturated carbocycles. The topological polar surface area (TPSA) is 80.3 Å². The highest BCUT2D eigenvalue weighted by molar-refractivity contribution is 5.90. The van der Waals surface area contributed by atoms with E-state index in [0.717, 1.165) is 0 Å². The minimum absolute atomic E-state index is 0.0883. The summed E-state index contributed by atoms with van der Waals surface area (Å²) in [6, 6.07) is 3.25. The van der Waals surface area contributed by atoms with Crippen LogP contribution in [0.15, 0.2) is 18.3 Å². The molecule has 0 fully saturated rings. The fourth-order valence-electron chi connectivity index (χ4n) is 1.20. The standard InChI is InChI=1S/C13H19N3O3/c1-5-11(17)15-9-6-7-10(14-8-9)16-12(18)19-13(2,3)4/h6-8H,5H2,1-4H3,(H,15,17)(H,14,16,18). The molecule has 6 nitrogen and oxygen atoms in total. The van der Waals surface area contributed by atoms with Crippen molar-refractivity contribution < 1.29 is 14.3 Å². The van der Waals surface area contributed by atoms with Crippen LogP contribution in [0.3, 0.4) is 0 Å². The summed E-state index contributed by atoms with van der Waals surface area (Å²) < 4.78 is 5.09. The van der Waals surface area contributed by atoms with Crippen molar-refractivity contribution in [1.82, 2.24) is 4.98 Å². The molecule has 19 heavy (non-hydrogen) atoms. The van der Waals surface area contributed by atoms with Crippen LogP contribution in [0.25, 0.3) is 0 Å². The molecular formula is C13H19N3O3. The molecule has 0 bridgehead atoms. The predicted octanol–water partition coefficient (Wildman–Crippen LogP) is 2.78. The van der Waals surface area contributed by atoms with Gasteiger partial charge in [-0.05, 0) is 32.9 Å². The van der Waals surface area contributed by atoms with E-state index in [-0.39, 0.29) is 5.91 Å². The Morgan fingerprint density at radius 3 is 2.42 bits per heavy atom. The van der Waals surface area contributed by atoms with Crippen LogP contribution in [0, 0.1) is 0 Å². The molecule has 1 aromatic rings. The zero-order chi connectivity index (χ0) is 14.5. The highest BCUT2D eigenvalue weighted by atomic mass is 16.6. The zero-order valence-electron chi connectivity index (χ0n) is 11.6. The Bertz CT molecular complexity index is 449. The number of carbonyl (C=O) groups is 2. The van der Waals surface area contributed by atoms with Gasteiger partial charge < -0.3 is 10.1 Å². The number of hydrogen-bond donors (Lipinski definition) is 2. The number of pyridine rings is 1. The van der Waals surface area contributed by atoms with Crippen LogP contribution >= 0.6 is 0 Å². The van der Waals surface area contributed by atoms with Crippen molar-refractivity contribution in [3.63, 3.8) is 0 Å². The molecule has 0 spiro atoms. The number of amides is 2. The smallest absolute Gasteiger partial charge is 0.413 e. The van der Waals surface area contributed by atoms with Gasteiger partial charge in [-0.1, -0.05) is 6.92 Å². The van der Waals surface area contributed by atoms with E-state index < -0.39 is 11.7 Å². The molecule has 0 saturated heterocycles. The van der Waals surface area contributed by atoms with E-state index in [1.165, 1.54) is 6.20 Å². The largest absolute Gasteiger partial charge is 0.444 e. The summed E-state index contributed by atoms with van der Waals surface area (Å²) in [6.07, 6.45) is 1.31. The monoisotopic (exact) mass is 265 g/mol. The summed E-state index contributed by atoms with van der Waals surface area (Å²) in [6.45, 7) is 7.11. The van der Waals surface area contributed by atoms with Crippen LogP contribution in [-0.4, -0.2) is 22.6 Å². The number of carbonyl (C=O) groups excluding carboxylic acids is 2. The van der Waals surface area contributed by atoms with E-state index in [1.807, 2.05) is 0 Å². The van der Waals surface area contributed by atoms with Gasteiger partial charge in [0.15, 0.2) is 0 Å². The lowest BCUT2D eigenvalue weighted by molar-refractivity contribution is -0.115. The number of anilines is 2. The molecule has 0 aliphatic rings. The van der Waals surface area contributed by atoms with Gasteiger partial charge in [0.2, 0.25) is 5.91 Å². The lowest BCUT2D eigenvalue weighted by Crippen LogP contribution is -2.27. The van der Waals surface area contributed by atoms with Crippen molar-refractivity contribution in [3.05, 3.63) is 18.3 Å². The first-order valence-electron chi connectivity index (χ1n) is 6.06. The number of nitrogens with one attached hydrogen (secondary N) is 2. The van der Waals surface area contributed by atoms with E-state index in [4.69, 9.17) is 4.74 Å². The van der Waals surface area contributed by atoms with Gasteiger partial charge in [-0.2, -0.15) is 0 Å². The summed E-state index contributed by atoms with van der Waals surface area (Å²) >= 11 is 0. The Morgan fingerprint density at radius 2 is 1.95 bits per heavy atom. The molecule has 0 aromatic carbocycles. The second-order valence-corrected chi connectivity index (χ2v) is 4.96. The first-order chi connectivity index (χ1) is 8.80. The highest BCUT2D eigenvalue weighted by Gasteiger charge is 2.16. The minimum Gasteiger partial charge on any atom is -0.444 e. The number of aromatic nitrogens is 1. The average Bonchev–Trinajstić information content (AvgIpc) is 2.29. The van der Waals surface area contributed by atoms with Gasteiger partial charge in [-0.3, -0.25) is 10.1 Å². The van der Waals surface area contributed by atoms with Crippen LogP contribution in [0.1, 0.15) is 34.1 Å². The number of hydrogen-bond acceptors (Lipinski definition) is 4. The van der Waals surface area contributed by atoms with Gasteiger partial charge in [-0.15, -0.1) is 0 Å². The molecule has 104 valence electrons. The maximum absolute atomic E-state index is 11.5. The Kier molecular flexibility index (Phi) is 4.86. The van der Waals surface area contributed by atoms with Gasteiger partial charge in [0, 0.05) is 6.42 Å². The second kappa shape index (κ2) is 6.17. The Labute approximate surface area is 112 Å². The fraction of sp³-hybridized carbons (Fsp3) is 0.462. The molecule has 2 N–H and O–H groups in total. The van der Waals surface area contributed by atoms with Crippen molar-refractivity contribution >= 4 is 23.5 Å². The summed E-state index contributed by atoms with van der Waals surface area (Å²) in [5.41, 5.74) is 0.0284. The Balaban J connectivity index is 2.57. The SMILES string of the molecule is CCC(=O)Nc1ccc(NC(=O)OC(C)(C)C)nc1. The van der Waals surface area contributed by atoms with E-state index in [1.54, 1.807) is 39.8 Å². The normalized spacial score (nSPS) is 10.7. The second-order valence-electron chi connectivity index (χ2n) is 4.96. The molecule has 1 heterocycles. The summed E-state index contributed by atoms with van der Waals surface area (Å²) in [4.78, 5) is 26.7. The molecule has 0 unspecified atom stereocenters. The molecule has 0 aliphatic carbocycles. The summed E-state index contributed by atoms with van der Waals surface area (Å²) in [7, 11) is 0. The van der Waals surface area contributed by atoms with E-state index in [9.17, 15) is 9.59 Å². The van der Waals surface area contributed by atoms with Gasteiger partial charge in [0.1, 0.15) is 11.4 Å². The van der Waals surface area contributed by atoms with Crippen molar-refractivity contribution in [2.45, 2.75) is 39.7 Å². The van der Waals surface area contributed by atoms with Gasteiger partial charge >= 0.3 is 6.09 Å². The van der Waals surface area contributed by atoms with Crippen LogP contribution in [0.5, 0.6) is 0 Å². The zero-order valence-corrected chi connectivity index (χ0v) is 11.6. The van der Waals surface area contributed by atoms with Crippen molar-refractivity contribution in [2.75, 3.05) is 10.6 Å².